The molecule has 0 atom stereocenters. The minimum atomic E-state index is -0.167. The number of fused-ring (bicyclic) bond motifs is 1. The fraction of sp³-hybridized carbons (Fsp3) is 0.120. The number of nitrogens with one attached hydrogen (secondary N) is 1. The van der Waals surface area contributed by atoms with Crippen LogP contribution in [0.15, 0.2) is 78.9 Å². The quantitative estimate of drug-likeness (QED) is 0.682. The van der Waals surface area contributed by atoms with Gasteiger partial charge < -0.3 is 15.0 Å². The van der Waals surface area contributed by atoms with Crippen LogP contribution in [-0.2, 0) is 9.59 Å². The molecule has 4 rings (SSSR count). The van der Waals surface area contributed by atoms with Crippen LogP contribution >= 0.6 is 0 Å². The predicted molar refractivity (Wildman–Crippen MR) is 116 cm³/mol. The van der Waals surface area contributed by atoms with E-state index in [9.17, 15) is 9.59 Å². The number of hydrogen-bond acceptors (Lipinski definition) is 3. The topological polar surface area (TPSA) is 58.6 Å². The predicted octanol–water partition coefficient (Wildman–Crippen LogP) is 3.84. The summed E-state index contributed by atoms with van der Waals surface area (Å²) in [7, 11) is 0. The first-order valence-electron chi connectivity index (χ1n) is 9.68. The molecule has 1 heterocycles. The third kappa shape index (κ3) is 4.68. The van der Waals surface area contributed by atoms with Crippen molar-refractivity contribution in [3.63, 3.8) is 0 Å². The van der Waals surface area contributed by atoms with E-state index in [0.29, 0.717) is 23.7 Å². The Morgan fingerprint density at radius 1 is 0.933 bits per heavy atom. The van der Waals surface area contributed by atoms with Crippen LogP contribution in [0.3, 0.4) is 0 Å². The van der Waals surface area contributed by atoms with Crippen molar-refractivity contribution < 1.29 is 14.3 Å². The summed E-state index contributed by atoms with van der Waals surface area (Å²) >= 11 is 0. The van der Waals surface area contributed by atoms with E-state index in [0.717, 1.165) is 11.1 Å². The molecule has 0 radical (unpaired) electrons. The number of carbonyl (C=O) groups is 2. The van der Waals surface area contributed by atoms with E-state index in [1.54, 1.807) is 4.90 Å². The molecule has 0 unspecified atom stereocenters. The molecule has 3 aromatic rings. The molecule has 0 aliphatic carbocycles. The maximum atomic E-state index is 12.4. The third-order valence-electron chi connectivity index (χ3n) is 4.64. The van der Waals surface area contributed by atoms with Gasteiger partial charge in [-0.1, -0.05) is 48.2 Å². The van der Waals surface area contributed by atoms with Crippen LogP contribution in [0, 0.1) is 11.8 Å². The fourth-order valence-corrected chi connectivity index (χ4v) is 3.18. The molecule has 0 fully saturated rings. The van der Waals surface area contributed by atoms with Gasteiger partial charge >= 0.3 is 0 Å². The van der Waals surface area contributed by atoms with E-state index < -0.39 is 0 Å². The Labute approximate surface area is 175 Å². The first kappa shape index (κ1) is 19.3. The molecule has 0 saturated carbocycles. The van der Waals surface area contributed by atoms with Crippen LogP contribution in [0.4, 0.5) is 11.4 Å². The maximum Gasteiger partial charge on any atom is 0.265 e. The Morgan fingerprint density at radius 2 is 1.67 bits per heavy atom. The zero-order valence-electron chi connectivity index (χ0n) is 16.3. The highest BCUT2D eigenvalue weighted by Crippen LogP contribution is 2.31. The monoisotopic (exact) mass is 396 g/mol. The Kier molecular flexibility index (Phi) is 5.77. The molecule has 5 heteroatoms. The van der Waals surface area contributed by atoms with Gasteiger partial charge in [0.25, 0.3) is 5.91 Å². The van der Waals surface area contributed by atoms with Crippen molar-refractivity contribution in [2.24, 2.45) is 0 Å². The first-order chi connectivity index (χ1) is 14.7. The maximum absolute atomic E-state index is 12.4. The number of para-hydroxylation sites is 2. The highest BCUT2D eigenvalue weighted by molar-refractivity contribution is 5.99. The molecule has 1 aliphatic heterocycles. The summed E-state index contributed by atoms with van der Waals surface area (Å²) in [6.07, 6.45) is 0.181. The van der Waals surface area contributed by atoms with Gasteiger partial charge in [0.05, 0.1) is 5.69 Å². The van der Waals surface area contributed by atoms with Gasteiger partial charge in [-0.15, -0.1) is 0 Å². The minimum absolute atomic E-state index is 0.0131. The molecule has 0 saturated heterocycles. The summed E-state index contributed by atoms with van der Waals surface area (Å²) in [4.78, 5) is 26.3. The summed E-state index contributed by atoms with van der Waals surface area (Å²) in [6.45, 7) is 0.277. The van der Waals surface area contributed by atoms with Crippen molar-refractivity contribution in [2.75, 3.05) is 23.4 Å². The lowest BCUT2D eigenvalue weighted by Crippen LogP contribution is -2.40. The van der Waals surface area contributed by atoms with E-state index in [2.05, 4.69) is 17.2 Å². The standard InChI is InChI=1S/C25H20N2O3/c28-24(15-16-27-22-11-4-5-12-23(22)30-18-25(27)29)26-21-10-6-9-20(17-21)14-13-19-7-2-1-3-8-19/h1-12,17H,15-16,18H2,(H,26,28). The molecular weight excluding hydrogens is 376 g/mol. The van der Waals surface area contributed by atoms with E-state index in [4.69, 9.17) is 4.74 Å². The second-order valence-corrected chi connectivity index (χ2v) is 6.80. The van der Waals surface area contributed by atoms with Crippen molar-refractivity contribution in [1.29, 1.82) is 0 Å². The average molecular weight is 396 g/mol. The number of carbonyl (C=O) groups excluding carboxylic acids is 2. The Morgan fingerprint density at radius 3 is 2.53 bits per heavy atom. The van der Waals surface area contributed by atoms with Crippen molar-refractivity contribution in [2.45, 2.75) is 6.42 Å². The van der Waals surface area contributed by atoms with Gasteiger partial charge in [-0.05, 0) is 42.5 Å². The second kappa shape index (κ2) is 8.97. The van der Waals surface area contributed by atoms with Crippen LogP contribution in [0.5, 0.6) is 5.75 Å². The Hall–Kier alpha value is -4.04. The lowest BCUT2D eigenvalue weighted by molar-refractivity contribution is -0.121. The highest BCUT2D eigenvalue weighted by atomic mass is 16.5. The van der Waals surface area contributed by atoms with E-state index in [1.807, 2.05) is 78.9 Å². The van der Waals surface area contributed by atoms with Crippen molar-refractivity contribution in [3.05, 3.63) is 90.0 Å². The van der Waals surface area contributed by atoms with Gasteiger partial charge in [-0.3, -0.25) is 9.59 Å². The molecule has 0 bridgehead atoms. The third-order valence-corrected chi connectivity index (χ3v) is 4.64. The van der Waals surface area contributed by atoms with E-state index >= 15 is 0 Å². The van der Waals surface area contributed by atoms with Crippen molar-refractivity contribution in [1.82, 2.24) is 0 Å². The number of ether oxygens (including phenoxy) is 1. The zero-order chi connectivity index (χ0) is 20.8. The molecule has 148 valence electrons. The minimum Gasteiger partial charge on any atom is -0.482 e. The second-order valence-electron chi connectivity index (χ2n) is 6.80. The molecule has 5 nitrogen and oxygen atoms in total. The normalized spacial score (nSPS) is 12.3. The molecular formula is C25H20N2O3. The Bertz CT molecular complexity index is 1130. The molecule has 1 aliphatic rings. The van der Waals surface area contributed by atoms with Gasteiger partial charge in [-0.2, -0.15) is 0 Å². The van der Waals surface area contributed by atoms with Crippen LogP contribution < -0.4 is 15.0 Å². The summed E-state index contributed by atoms with van der Waals surface area (Å²) in [5.41, 5.74) is 3.12. The fourth-order valence-electron chi connectivity index (χ4n) is 3.18. The van der Waals surface area contributed by atoms with Gasteiger partial charge in [0.2, 0.25) is 5.91 Å². The molecule has 30 heavy (non-hydrogen) atoms. The van der Waals surface area contributed by atoms with Crippen molar-refractivity contribution in [3.8, 4) is 17.6 Å². The van der Waals surface area contributed by atoms with Crippen LogP contribution in [0.25, 0.3) is 0 Å². The van der Waals surface area contributed by atoms with Gasteiger partial charge in [-0.25, -0.2) is 0 Å². The Balaban J connectivity index is 1.38. The summed E-state index contributed by atoms with van der Waals surface area (Å²) < 4.78 is 5.43. The highest BCUT2D eigenvalue weighted by Gasteiger charge is 2.25. The van der Waals surface area contributed by atoms with Gasteiger partial charge in [0, 0.05) is 29.8 Å². The number of nitrogens with zero attached hydrogens (tertiary/aromatic N) is 1. The van der Waals surface area contributed by atoms with Crippen molar-refractivity contribution >= 4 is 23.2 Å². The number of anilines is 2. The zero-order valence-corrected chi connectivity index (χ0v) is 16.3. The average Bonchev–Trinajstić information content (AvgIpc) is 2.78. The largest absolute Gasteiger partial charge is 0.482 e. The smallest absolute Gasteiger partial charge is 0.265 e. The lowest BCUT2D eigenvalue weighted by atomic mass is 10.1. The molecule has 0 aromatic heterocycles. The van der Waals surface area contributed by atoms with Crippen LogP contribution in [0.2, 0.25) is 0 Å². The molecule has 2 amide bonds. The summed E-state index contributed by atoms with van der Waals surface area (Å²) in [5.74, 6) is 6.55. The molecule has 0 spiro atoms. The number of hydrogen-bond donors (Lipinski definition) is 1. The summed E-state index contributed by atoms with van der Waals surface area (Å²) in [6, 6.07) is 24.5. The van der Waals surface area contributed by atoms with Gasteiger partial charge in [0.15, 0.2) is 6.61 Å². The molecule has 3 aromatic carbocycles. The first-order valence-corrected chi connectivity index (χ1v) is 9.68. The lowest BCUT2D eigenvalue weighted by Gasteiger charge is -2.29. The number of amides is 2. The van der Waals surface area contributed by atoms with E-state index in [1.165, 1.54) is 0 Å². The van der Waals surface area contributed by atoms with Gasteiger partial charge in [0.1, 0.15) is 5.75 Å². The summed E-state index contributed by atoms with van der Waals surface area (Å²) in [5, 5.41) is 2.88. The van der Waals surface area contributed by atoms with Crippen LogP contribution in [0.1, 0.15) is 17.5 Å². The number of rotatable bonds is 4. The number of benzene rings is 3. The van der Waals surface area contributed by atoms with Crippen LogP contribution in [-0.4, -0.2) is 25.0 Å². The SMILES string of the molecule is O=C(CCN1C(=O)COc2ccccc21)Nc1cccc(C#Cc2ccccc2)c1. The molecule has 1 N–H and O–H groups in total. The van der Waals surface area contributed by atoms with E-state index in [-0.39, 0.29) is 24.8 Å².